The van der Waals surface area contributed by atoms with Crippen LogP contribution in [0, 0.1) is 0 Å². The van der Waals surface area contributed by atoms with Crippen LogP contribution in [0.4, 0.5) is 16.2 Å². The van der Waals surface area contributed by atoms with Crippen molar-refractivity contribution in [3.05, 3.63) is 71.4 Å². The summed E-state index contributed by atoms with van der Waals surface area (Å²) in [5, 5.41) is 12.3. The van der Waals surface area contributed by atoms with Gasteiger partial charge in [-0.05, 0) is 41.8 Å². The summed E-state index contributed by atoms with van der Waals surface area (Å²) in [5.74, 6) is 0.570. The number of nitrogens with two attached hydrogens (primary N) is 1. The van der Waals surface area contributed by atoms with Gasteiger partial charge in [0.1, 0.15) is 18.2 Å². The SMILES string of the molecule is CCc1cccc(NC(=O)Nc2ccc(C3C=C(CN4CCOCC4)N4N=CN=C(N)C34)cc2)c1. The Morgan fingerprint density at radius 2 is 1.89 bits per heavy atom. The lowest BCUT2D eigenvalue weighted by Crippen LogP contribution is -2.45. The number of carbonyl (C=O) groups excluding carboxylic acids is 1. The molecule has 2 amide bonds. The number of amides is 2. The number of hydrazone groups is 1. The maximum Gasteiger partial charge on any atom is 0.323 e. The number of urea groups is 1. The van der Waals surface area contributed by atoms with Gasteiger partial charge in [-0.3, -0.25) is 9.91 Å². The number of amidine groups is 1. The van der Waals surface area contributed by atoms with Gasteiger partial charge in [0.15, 0.2) is 0 Å². The van der Waals surface area contributed by atoms with E-state index in [0.717, 1.165) is 56.2 Å². The molecule has 182 valence electrons. The predicted octanol–water partition coefficient (Wildman–Crippen LogP) is 3.19. The van der Waals surface area contributed by atoms with Crippen molar-refractivity contribution in [2.45, 2.75) is 25.3 Å². The van der Waals surface area contributed by atoms with E-state index in [4.69, 9.17) is 10.5 Å². The normalized spacial score (nSPS) is 21.8. The van der Waals surface area contributed by atoms with Crippen molar-refractivity contribution < 1.29 is 9.53 Å². The molecule has 0 saturated carbocycles. The second-order valence-corrected chi connectivity index (χ2v) is 8.90. The predicted molar refractivity (Wildman–Crippen MR) is 139 cm³/mol. The Hall–Kier alpha value is -3.69. The molecular weight excluding hydrogens is 442 g/mol. The van der Waals surface area contributed by atoms with E-state index in [0.29, 0.717) is 11.5 Å². The van der Waals surface area contributed by atoms with E-state index in [1.165, 1.54) is 11.9 Å². The lowest BCUT2D eigenvalue weighted by atomic mass is 9.92. The van der Waals surface area contributed by atoms with Crippen molar-refractivity contribution >= 4 is 29.6 Å². The fourth-order valence-electron chi connectivity index (χ4n) is 4.73. The van der Waals surface area contributed by atoms with Gasteiger partial charge in [-0.2, -0.15) is 5.10 Å². The van der Waals surface area contributed by atoms with Crippen molar-refractivity contribution in [1.29, 1.82) is 0 Å². The van der Waals surface area contributed by atoms with E-state index in [1.54, 1.807) is 0 Å². The number of hydrogen-bond donors (Lipinski definition) is 3. The molecule has 1 fully saturated rings. The molecule has 0 radical (unpaired) electrons. The Kier molecular flexibility index (Phi) is 6.78. The van der Waals surface area contributed by atoms with Gasteiger partial charge in [-0.15, -0.1) is 0 Å². The van der Waals surface area contributed by atoms with Gasteiger partial charge in [-0.25, -0.2) is 9.79 Å². The molecule has 3 heterocycles. The minimum absolute atomic E-state index is 0.0203. The molecular formula is C26H31N7O2. The zero-order valence-corrected chi connectivity index (χ0v) is 19.9. The standard InChI is InChI=1S/C26H31N7O2/c1-2-18-4-3-5-21(14-18)31-26(34)30-20-8-6-19(7-9-20)23-15-22(16-32-10-12-35-13-11-32)33-24(23)25(27)28-17-29-33/h3-9,14-15,17,23-24H,2,10-13,16H2,1H3,(H2,27,28,29)(H2,30,31,34). The van der Waals surface area contributed by atoms with E-state index in [9.17, 15) is 4.79 Å². The summed E-state index contributed by atoms with van der Waals surface area (Å²) >= 11 is 0. The second-order valence-electron chi connectivity index (χ2n) is 8.90. The first-order chi connectivity index (χ1) is 17.1. The first-order valence-electron chi connectivity index (χ1n) is 12.0. The van der Waals surface area contributed by atoms with Crippen molar-refractivity contribution in [3.63, 3.8) is 0 Å². The summed E-state index contributed by atoms with van der Waals surface area (Å²) in [7, 11) is 0. The van der Waals surface area contributed by atoms with Crippen molar-refractivity contribution in [3.8, 4) is 0 Å². The van der Waals surface area contributed by atoms with Crippen molar-refractivity contribution in [1.82, 2.24) is 9.91 Å². The summed E-state index contributed by atoms with van der Waals surface area (Å²) in [5.41, 5.74) is 11.2. The number of benzene rings is 2. The maximum atomic E-state index is 12.5. The number of anilines is 2. The molecule has 4 N–H and O–H groups in total. The number of aliphatic imine (C=N–C) groups is 1. The van der Waals surface area contributed by atoms with Gasteiger partial charge in [0.25, 0.3) is 0 Å². The van der Waals surface area contributed by atoms with Crippen LogP contribution in [0.5, 0.6) is 0 Å². The van der Waals surface area contributed by atoms with Crippen LogP contribution >= 0.6 is 0 Å². The van der Waals surface area contributed by atoms with Crippen LogP contribution < -0.4 is 16.4 Å². The lowest BCUT2D eigenvalue weighted by molar-refractivity contribution is 0.0393. The third-order valence-electron chi connectivity index (χ3n) is 6.59. The first-order valence-corrected chi connectivity index (χ1v) is 12.0. The minimum Gasteiger partial charge on any atom is -0.385 e. The molecule has 9 heteroatoms. The Balaban J connectivity index is 1.28. The van der Waals surface area contributed by atoms with E-state index >= 15 is 0 Å². The molecule has 3 aliphatic rings. The van der Waals surface area contributed by atoms with Gasteiger partial charge >= 0.3 is 6.03 Å². The van der Waals surface area contributed by atoms with Crippen LogP contribution in [0.1, 0.15) is 24.0 Å². The van der Waals surface area contributed by atoms with E-state index in [2.05, 4.69) is 38.6 Å². The number of nitrogens with zero attached hydrogens (tertiary/aromatic N) is 4. The van der Waals surface area contributed by atoms with E-state index in [1.807, 2.05) is 53.5 Å². The summed E-state index contributed by atoms with van der Waals surface area (Å²) in [6, 6.07) is 15.3. The van der Waals surface area contributed by atoms with E-state index in [-0.39, 0.29) is 18.0 Å². The highest BCUT2D eigenvalue weighted by Crippen LogP contribution is 2.37. The number of fused-ring (bicyclic) bond motifs is 1. The lowest BCUT2D eigenvalue weighted by Gasteiger charge is -2.32. The Morgan fingerprint density at radius 1 is 1.11 bits per heavy atom. The number of nitrogens with one attached hydrogen (secondary N) is 2. The quantitative estimate of drug-likeness (QED) is 0.597. The molecule has 0 spiro atoms. The average molecular weight is 474 g/mol. The molecule has 0 aliphatic carbocycles. The summed E-state index contributed by atoms with van der Waals surface area (Å²) < 4.78 is 5.48. The fraction of sp³-hybridized carbons (Fsp3) is 0.346. The van der Waals surface area contributed by atoms with Gasteiger partial charge in [0.2, 0.25) is 0 Å². The van der Waals surface area contributed by atoms with E-state index < -0.39 is 0 Å². The van der Waals surface area contributed by atoms with Crippen molar-refractivity contribution in [2.24, 2.45) is 15.8 Å². The Labute approximate surface area is 205 Å². The monoisotopic (exact) mass is 473 g/mol. The van der Waals surface area contributed by atoms with Gasteiger partial charge < -0.3 is 21.1 Å². The molecule has 1 saturated heterocycles. The number of carbonyl (C=O) groups is 1. The smallest absolute Gasteiger partial charge is 0.323 e. The highest BCUT2D eigenvalue weighted by atomic mass is 16.5. The molecule has 9 nitrogen and oxygen atoms in total. The summed E-state index contributed by atoms with van der Waals surface area (Å²) in [6.07, 6.45) is 4.67. The zero-order chi connectivity index (χ0) is 24.2. The van der Waals surface area contributed by atoms with Crippen LogP contribution in [-0.2, 0) is 11.2 Å². The number of hydrogen-bond acceptors (Lipinski definition) is 7. The van der Waals surface area contributed by atoms with Crippen molar-refractivity contribution in [2.75, 3.05) is 43.5 Å². The second kappa shape index (κ2) is 10.3. The highest BCUT2D eigenvalue weighted by Gasteiger charge is 2.39. The molecule has 5 rings (SSSR count). The number of aryl methyl sites for hydroxylation is 1. The number of ether oxygens (including phenoxy) is 1. The Morgan fingerprint density at radius 3 is 2.66 bits per heavy atom. The average Bonchev–Trinajstić information content (AvgIpc) is 3.24. The van der Waals surface area contributed by atoms with Gasteiger partial charge in [0.05, 0.1) is 13.2 Å². The number of rotatable bonds is 6. The largest absolute Gasteiger partial charge is 0.385 e. The van der Waals surface area contributed by atoms with Crippen LogP contribution in [-0.4, -0.2) is 67.0 Å². The minimum atomic E-state index is -0.274. The third kappa shape index (κ3) is 5.21. The molecule has 2 atom stereocenters. The molecule has 3 aliphatic heterocycles. The summed E-state index contributed by atoms with van der Waals surface area (Å²) in [4.78, 5) is 19.1. The molecule has 0 bridgehead atoms. The number of morpholine rings is 1. The zero-order valence-electron chi connectivity index (χ0n) is 19.9. The van der Waals surface area contributed by atoms with Crippen LogP contribution in [0.25, 0.3) is 0 Å². The fourth-order valence-corrected chi connectivity index (χ4v) is 4.73. The molecule has 0 aromatic heterocycles. The molecule has 2 aromatic rings. The molecule has 2 aromatic carbocycles. The van der Waals surface area contributed by atoms with Crippen LogP contribution in [0.3, 0.4) is 0 Å². The molecule has 2 unspecified atom stereocenters. The Bertz CT molecular complexity index is 1150. The summed E-state index contributed by atoms with van der Waals surface area (Å²) in [6.45, 7) is 6.18. The third-order valence-corrected chi connectivity index (χ3v) is 6.59. The van der Waals surface area contributed by atoms with Crippen LogP contribution in [0.15, 0.2) is 70.4 Å². The van der Waals surface area contributed by atoms with Gasteiger partial charge in [-0.1, -0.05) is 37.3 Å². The highest BCUT2D eigenvalue weighted by molar-refractivity contribution is 5.99. The first kappa shape index (κ1) is 23.1. The topological polar surface area (TPSA) is 108 Å². The van der Waals surface area contributed by atoms with Gasteiger partial charge in [0, 0.05) is 42.6 Å². The maximum absolute atomic E-state index is 12.5. The van der Waals surface area contributed by atoms with Crippen LogP contribution in [0.2, 0.25) is 0 Å². The molecule has 35 heavy (non-hydrogen) atoms.